The van der Waals surface area contributed by atoms with E-state index in [4.69, 9.17) is 28.1 Å². The van der Waals surface area contributed by atoms with E-state index in [1.165, 1.54) is 0 Å². The molecule has 0 bridgehead atoms. The maximum absolute atomic E-state index is 8.52. The van der Waals surface area contributed by atoms with E-state index in [0.717, 1.165) is 0 Å². The minimum atomic E-state index is -3.63. The van der Waals surface area contributed by atoms with Crippen LogP contribution in [0.4, 0.5) is 0 Å². The van der Waals surface area contributed by atoms with Crippen LogP contribution in [0.2, 0.25) is 0 Å². The van der Waals surface area contributed by atoms with Gasteiger partial charge in [0.05, 0.1) is 0 Å². The van der Waals surface area contributed by atoms with E-state index >= 15 is 0 Å². The van der Waals surface area contributed by atoms with Crippen LogP contribution in [0.1, 0.15) is 0 Å². The van der Waals surface area contributed by atoms with Crippen LogP contribution in [-0.4, -0.2) is 46.7 Å². The van der Waals surface area contributed by atoms with Crippen molar-refractivity contribution in [3.63, 3.8) is 0 Å². The molecule has 12 heavy (non-hydrogen) atoms. The van der Waals surface area contributed by atoms with Gasteiger partial charge in [-0.25, -0.2) is 0 Å². The Morgan fingerprint density at radius 2 is 0.750 bits per heavy atom. The maximum atomic E-state index is 8.52. The average Bonchev–Trinajstić information content (AvgIpc) is 1.25. The third kappa shape index (κ3) is 690. The molecule has 4 N–H and O–H groups in total. The van der Waals surface area contributed by atoms with Crippen molar-refractivity contribution in [1.82, 2.24) is 0 Å². The van der Waals surface area contributed by atoms with E-state index in [0.29, 0.717) is 0 Å². The maximum Gasteiger partial charge on any atom is 3.00 e. The molecule has 8 nitrogen and oxygen atoms in total. The second-order valence-electron chi connectivity index (χ2n) is 0.500. The predicted molar refractivity (Wildman–Crippen MR) is 25.9 cm³/mol. The first-order valence-corrected chi connectivity index (χ1v) is 3.67. The van der Waals surface area contributed by atoms with Crippen LogP contribution in [0, 0.1) is 0 Å². The Labute approximate surface area is 124 Å². The Kier molecular flexibility index (Phi) is 92.6. The van der Waals surface area contributed by atoms with Crippen LogP contribution in [0.5, 0.6) is 0 Å². The number of hydrogen-bond acceptors (Lipinski definition) is 6. The largest absolute Gasteiger partial charge is 3.00 e. The fourth-order valence-electron chi connectivity index (χ4n) is 0. The molecule has 0 atom stereocenters. The van der Waals surface area contributed by atoms with E-state index in [2.05, 4.69) is 0 Å². The van der Waals surface area contributed by atoms with Crippen molar-refractivity contribution in [2.45, 2.75) is 0 Å². The molecule has 0 aliphatic carbocycles. The van der Waals surface area contributed by atoms with Crippen LogP contribution in [0.15, 0.2) is 0 Å². The molecule has 0 fully saturated rings. The van der Waals surface area contributed by atoms with Crippen molar-refractivity contribution >= 4 is 35.7 Å². The van der Waals surface area contributed by atoms with Crippen molar-refractivity contribution in [2.24, 2.45) is 0 Å². The normalized spacial score (nSPS) is 4.00. The summed E-state index contributed by atoms with van der Waals surface area (Å²) >= 11 is 0. The Morgan fingerprint density at radius 3 is 0.750 bits per heavy atom. The molecule has 0 aliphatic heterocycles. The minimum absolute atomic E-state index is 0. The minimum Gasteiger partial charge on any atom is -0.672 e. The van der Waals surface area contributed by atoms with Gasteiger partial charge in [-0.3, -0.25) is 0 Å². The van der Waals surface area contributed by atoms with Gasteiger partial charge in [0.1, 0.15) is 0 Å². The molecule has 64 valence electrons. The second kappa shape index (κ2) is 29.5. The Bertz CT molecular complexity index is 75.1. The van der Waals surface area contributed by atoms with Crippen molar-refractivity contribution in [3.8, 4) is 0 Å². The molecule has 0 aromatic heterocycles. The first kappa shape index (κ1) is 37.7. The topological polar surface area (TPSA) is 189 Å². The van der Waals surface area contributed by atoms with Gasteiger partial charge in [-0.2, -0.15) is 0 Å². The van der Waals surface area contributed by atoms with Gasteiger partial charge in [0.2, 0.25) is 0 Å². The van der Waals surface area contributed by atoms with Gasteiger partial charge < -0.3 is 39.1 Å². The monoisotopic (exact) mass is 254 g/mol. The molecule has 0 saturated heterocycles. The summed E-state index contributed by atoms with van der Waals surface area (Å²) in [6, 6.07) is 0. The molecule has 12 heteroatoms. The fourth-order valence-corrected chi connectivity index (χ4v) is 0. The summed E-state index contributed by atoms with van der Waals surface area (Å²) in [7, 11) is -7.26. The van der Waals surface area contributed by atoms with Crippen molar-refractivity contribution < 1.29 is 90.4 Å². The molecule has 0 aliphatic rings. The van der Waals surface area contributed by atoms with E-state index in [1.54, 1.807) is 0 Å². The van der Waals surface area contributed by atoms with Crippen molar-refractivity contribution in [3.05, 3.63) is 0 Å². The summed E-state index contributed by atoms with van der Waals surface area (Å²) in [4.78, 5) is 34.1. The second-order valence-corrected chi connectivity index (χ2v) is 1.50. The quantitative estimate of drug-likeness (QED) is 0.385. The van der Waals surface area contributed by atoms with Gasteiger partial charge in [0.25, 0.3) is 0 Å². The van der Waals surface area contributed by atoms with E-state index in [1.807, 2.05) is 0 Å². The van der Waals surface area contributed by atoms with Crippen molar-refractivity contribution in [2.75, 3.05) is 0 Å². The molecule has 0 unspecified atom stereocenters. The zero-order chi connectivity index (χ0) is 7.15. The number of hydrogen-bond donors (Lipinski definition) is 0. The van der Waals surface area contributed by atoms with Crippen LogP contribution in [0.25, 0.3) is 0 Å². The van der Waals surface area contributed by atoms with Crippen LogP contribution in [0.3, 0.4) is 0 Å². The third-order valence-corrected chi connectivity index (χ3v) is 0. The summed E-state index contributed by atoms with van der Waals surface area (Å²) < 4.78 is 17.0. The fraction of sp³-hybridized carbons (Fsp3) is 0. The standard InChI is InChI=1S/Al.K.2O3Si.2H2O/c;;2*1-4(2)3;;/h;;;;2*1H2/q+3;+1;2*-2;;. The van der Waals surface area contributed by atoms with Crippen molar-refractivity contribution in [1.29, 1.82) is 0 Å². The van der Waals surface area contributed by atoms with Gasteiger partial charge in [0.15, 0.2) is 0 Å². The van der Waals surface area contributed by atoms with Gasteiger partial charge in [0, 0.05) is 18.3 Å². The van der Waals surface area contributed by atoms with Gasteiger partial charge in [-0.1, -0.05) is 0 Å². The Balaban J connectivity index is -0.0000000112. The van der Waals surface area contributed by atoms with Gasteiger partial charge in [-0.05, 0) is 0 Å². The first-order valence-electron chi connectivity index (χ1n) is 1.22. The molecule has 0 radical (unpaired) electrons. The van der Waals surface area contributed by atoms with E-state index in [9.17, 15) is 0 Å². The Hall–Kier alpha value is 1.32. The molecular formula is H4AlKO8Si2. The molecule has 0 saturated carbocycles. The molecular weight excluding hydrogens is 250 g/mol. The zero-order valence-corrected chi connectivity index (χ0v) is 12.3. The third-order valence-electron chi connectivity index (χ3n) is 0. The molecule has 0 rings (SSSR count). The predicted octanol–water partition coefficient (Wildman–Crippen LogP) is -10.8. The molecule has 0 spiro atoms. The summed E-state index contributed by atoms with van der Waals surface area (Å²) in [6.45, 7) is 0. The van der Waals surface area contributed by atoms with Crippen LogP contribution in [-0.2, 0) is 8.92 Å². The zero-order valence-electron chi connectivity index (χ0n) is 6.03. The first-order chi connectivity index (χ1) is 3.46. The molecule has 0 heterocycles. The van der Waals surface area contributed by atoms with Crippen LogP contribution >= 0.6 is 0 Å². The summed E-state index contributed by atoms with van der Waals surface area (Å²) in [6.07, 6.45) is 0. The molecule has 0 aromatic carbocycles. The Morgan fingerprint density at radius 1 is 0.750 bits per heavy atom. The molecule has 0 amide bonds. The SMILES string of the molecule is O.O.O=[Si]([O-])[O-].O=[Si]([O-])[O-].[Al+3].[K+]. The molecule has 0 aromatic rings. The van der Waals surface area contributed by atoms with Crippen LogP contribution < -0.4 is 70.6 Å². The van der Waals surface area contributed by atoms with Gasteiger partial charge >= 0.3 is 68.7 Å². The average molecular weight is 254 g/mol. The number of rotatable bonds is 0. The summed E-state index contributed by atoms with van der Waals surface area (Å²) in [5.74, 6) is 0. The van der Waals surface area contributed by atoms with Gasteiger partial charge in [-0.15, -0.1) is 0 Å². The summed E-state index contributed by atoms with van der Waals surface area (Å²) in [5.41, 5.74) is 0. The van der Waals surface area contributed by atoms with E-state index < -0.39 is 18.3 Å². The van der Waals surface area contributed by atoms with E-state index in [-0.39, 0.29) is 79.7 Å². The smallest absolute Gasteiger partial charge is 0.672 e. The summed E-state index contributed by atoms with van der Waals surface area (Å²) in [5, 5.41) is 0.